The van der Waals surface area contributed by atoms with Crippen molar-refractivity contribution in [2.75, 3.05) is 32.1 Å². The van der Waals surface area contributed by atoms with E-state index in [-0.39, 0.29) is 0 Å². The Morgan fingerprint density at radius 2 is 2.00 bits per heavy atom. The van der Waals surface area contributed by atoms with Gasteiger partial charge in [0, 0.05) is 25.3 Å². The van der Waals surface area contributed by atoms with Crippen molar-refractivity contribution < 1.29 is 0 Å². The molecule has 0 aliphatic carbocycles. The predicted octanol–water partition coefficient (Wildman–Crippen LogP) is 2.02. The van der Waals surface area contributed by atoms with Gasteiger partial charge in [0.1, 0.15) is 12.1 Å². The van der Waals surface area contributed by atoms with Gasteiger partial charge in [0.05, 0.1) is 4.47 Å². The van der Waals surface area contributed by atoms with Crippen molar-refractivity contribution in [3.05, 3.63) is 17.0 Å². The third-order valence-electron chi connectivity index (χ3n) is 2.33. The van der Waals surface area contributed by atoms with E-state index in [1.807, 2.05) is 0 Å². The number of hydrogen-bond acceptors (Lipinski definition) is 4. The molecule has 0 bridgehead atoms. The summed E-state index contributed by atoms with van der Waals surface area (Å²) in [5, 5.41) is 0. The maximum Gasteiger partial charge on any atom is 0.146 e. The van der Waals surface area contributed by atoms with Gasteiger partial charge in [0.15, 0.2) is 0 Å². The molecule has 0 saturated heterocycles. The largest absolute Gasteiger partial charge is 0.352 e. The first-order valence-electron chi connectivity index (χ1n) is 5.39. The maximum absolute atomic E-state index is 4.33. The lowest BCUT2D eigenvalue weighted by atomic mass is 10.3. The van der Waals surface area contributed by atoms with Gasteiger partial charge in [-0.2, -0.15) is 0 Å². The molecule has 90 valence electrons. The van der Waals surface area contributed by atoms with Crippen molar-refractivity contribution in [3.63, 3.8) is 0 Å². The van der Waals surface area contributed by atoms with Crippen molar-refractivity contribution >= 4 is 21.7 Å². The Balaban J connectivity index is 2.82. The fourth-order valence-electron chi connectivity index (χ4n) is 1.43. The Labute approximate surface area is 106 Å². The molecular formula is C11H19BrN4. The van der Waals surface area contributed by atoms with Gasteiger partial charge in [-0.25, -0.2) is 9.97 Å². The van der Waals surface area contributed by atoms with Crippen LogP contribution in [0.25, 0.3) is 0 Å². The van der Waals surface area contributed by atoms with Crippen LogP contribution in [0.5, 0.6) is 0 Å². The molecule has 0 saturated carbocycles. The standard InChI is InChI=1S/C11H19BrN4/c1-9(2)16(6-5-15(3)4)11-10(12)7-13-8-14-11/h7-9H,5-6H2,1-4H3. The third-order valence-corrected chi connectivity index (χ3v) is 2.89. The van der Waals surface area contributed by atoms with Crippen LogP contribution in [-0.2, 0) is 0 Å². The molecule has 0 N–H and O–H groups in total. The molecule has 4 nitrogen and oxygen atoms in total. The van der Waals surface area contributed by atoms with E-state index in [9.17, 15) is 0 Å². The third kappa shape index (κ3) is 3.72. The molecule has 16 heavy (non-hydrogen) atoms. The fourth-order valence-corrected chi connectivity index (χ4v) is 1.88. The molecule has 0 amide bonds. The van der Waals surface area contributed by atoms with Crippen LogP contribution in [0, 0.1) is 0 Å². The van der Waals surface area contributed by atoms with Crippen molar-refractivity contribution in [1.29, 1.82) is 0 Å². The summed E-state index contributed by atoms with van der Waals surface area (Å²) in [5.41, 5.74) is 0. The molecular weight excluding hydrogens is 268 g/mol. The number of aromatic nitrogens is 2. The van der Waals surface area contributed by atoms with E-state index in [1.54, 1.807) is 12.5 Å². The molecule has 0 atom stereocenters. The molecule has 0 aliphatic rings. The lowest BCUT2D eigenvalue weighted by Crippen LogP contribution is -2.37. The highest BCUT2D eigenvalue weighted by molar-refractivity contribution is 9.10. The normalized spacial score (nSPS) is 11.2. The summed E-state index contributed by atoms with van der Waals surface area (Å²) in [5.74, 6) is 0.965. The highest BCUT2D eigenvalue weighted by atomic mass is 79.9. The van der Waals surface area contributed by atoms with Crippen LogP contribution in [0.2, 0.25) is 0 Å². The molecule has 5 heteroatoms. The molecule has 0 fully saturated rings. The monoisotopic (exact) mass is 286 g/mol. The van der Waals surface area contributed by atoms with E-state index in [0.29, 0.717) is 6.04 Å². The highest BCUT2D eigenvalue weighted by Gasteiger charge is 2.14. The van der Waals surface area contributed by atoms with E-state index < -0.39 is 0 Å². The van der Waals surface area contributed by atoms with Crippen molar-refractivity contribution in [1.82, 2.24) is 14.9 Å². The summed E-state index contributed by atoms with van der Waals surface area (Å²) in [7, 11) is 4.15. The Hall–Kier alpha value is -0.680. The molecule has 1 rings (SSSR count). The Morgan fingerprint density at radius 3 is 2.50 bits per heavy atom. The van der Waals surface area contributed by atoms with Gasteiger partial charge < -0.3 is 9.80 Å². The summed E-state index contributed by atoms with van der Waals surface area (Å²) in [6.07, 6.45) is 3.37. The van der Waals surface area contributed by atoms with Crippen molar-refractivity contribution in [3.8, 4) is 0 Å². The quantitative estimate of drug-likeness (QED) is 0.829. The number of likely N-dealkylation sites (N-methyl/N-ethyl adjacent to an activating group) is 1. The first-order valence-corrected chi connectivity index (χ1v) is 6.18. The Morgan fingerprint density at radius 1 is 1.31 bits per heavy atom. The highest BCUT2D eigenvalue weighted by Crippen LogP contribution is 2.23. The minimum Gasteiger partial charge on any atom is -0.352 e. The molecule has 0 aliphatic heterocycles. The van der Waals surface area contributed by atoms with Gasteiger partial charge in [-0.3, -0.25) is 0 Å². The van der Waals surface area contributed by atoms with Gasteiger partial charge in [0.25, 0.3) is 0 Å². The number of nitrogens with zero attached hydrogens (tertiary/aromatic N) is 4. The van der Waals surface area contributed by atoms with Gasteiger partial charge in [-0.15, -0.1) is 0 Å². The number of halogens is 1. The second-order valence-corrected chi connectivity index (χ2v) is 5.14. The van der Waals surface area contributed by atoms with Gasteiger partial charge in [-0.1, -0.05) is 0 Å². The minimum absolute atomic E-state index is 0.422. The van der Waals surface area contributed by atoms with Crippen LogP contribution in [0.4, 0.5) is 5.82 Å². The van der Waals surface area contributed by atoms with Crippen LogP contribution < -0.4 is 4.90 Å². The summed E-state index contributed by atoms with van der Waals surface area (Å²) >= 11 is 3.49. The Kier molecular flexibility index (Phi) is 5.15. The molecule has 0 spiro atoms. The summed E-state index contributed by atoms with van der Waals surface area (Å²) < 4.78 is 0.947. The van der Waals surface area contributed by atoms with Crippen molar-refractivity contribution in [2.45, 2.75) is 19.9 Å². The maximum atomic E-state index is 4.33. The SMILES string of the molecule is CC(C)N(CCN(C)C)c1ncncc1Br. The van der Waals surface area contributed by atoms with E-state index in [1.165, 1.54) is 0 Å². The molecule has 1 aromatic heterocycles. The summed E-state index contributed by atoms with van der Waals surface area (Å²) in [4.78, 5) is 12.8. The smallest absolute Gasteiger partial charge is 0.146 e. The second-order valence-electron chi connectivity index (χ2n) is 4.28. The molecule has 1 heterocycles. The summed E-state index contributed by atoms with van der Waals surface area (Å²) in [6.45, 7) is 6.31. The molecule has 0 aromatic carbocycles. The number of anilines is 1. The van der Waals surface area contributed by atoms with Crippen LogP contribution >= 0.6 is 15.9 Å². The fraction of sp³-hybridized carbons (Fsp3) is 0.636. The van der Waals surface area contributed by atoms with Gasteiger partial charge >= 0.3 is 0 Å². The van der Waals surface area contributed by atoms with E-state index in [4.69, 9.17) is 0 Å². The van der Waals surface area contributed by atoms with Gasteiger partial charge in [0.2, 0.25) is 0 Å². The zero-order valence-corrected chi connectivity index (χ0v) is 11.9. The Bertz CT molecular complexity index is 328. The van der Waals surface area contributed by atoms with Crippen molar-refractivity contribution in [2.24, 2.45) is 0 Å². The van der Waals surface area contributed by atoms with Crippen LogP contribution in [0.15, 0.2) is 17.0 Å². The summed E-state index contributed by atoms with van der Waals surface area (Å²) in [6, 6.07) is 0.422. The van der Waals surface area contributed by atoms with Gasteiger partial charge in [-0.05, 0) is 43.9 Å². The number of rotatable bonds is 5. The zero-order valence-electron chi connectivity index (χ0n) is 10.3. The van der Waals surface area contributed by atoms with E-state index >= 15 is 0 Å². The molecule has 0 radical (unpaired) electrons. The van der Waals surface area contributed by atoms with E-state index in [2.05, 4.69) is 63.6 Å². The average molecular weight is 287 g/mol. The van der Waals surface area contributed by atoms with E-state index in [0.717, 1.165) is 23.4 Å². The van der Waals surface area contributed by atoms with Crippen LogP contribution in [0.3, 0.4) is 0 Å². The zero-order chi connectivity index (χ0) is 12.1. The molecule has 1 aromatic rings. The lowest BCUT2D eigenvalue weighted by Gasteiger charge is -2.29. The number of hydrogen-bond donors (Lipinski definition) is 0. The van der Waals surface area contributed by atoms with Crippen LogP contribution in [-0.4, -0.2) is 48.1 Å². The predicted molar refractivity (Wildman–Crippen MR) is 70.8 cm³/mol. The lowest BCUT2D eigenvalue weighted by molar-refractivity contribution is 0.407. The minimum atomic E-state index is 0.422. The molecule has 0 unspecified atom stereocenters. The first kappa shape index (κ1) is 13.4. The van der Waals surface area contributed by atoms with Crippen LogP contribution in [0.1, 0.15) is 13.8 Å². The second kappa shape index (κ2) is 6.15. The topological polar surface area (TPSA) is 32.3 Å². The average Bonchev–Trinajstić information content (AvgIpc) is 2.20. The first-order chi connectivity index (χ1) is 7.52.